The molecule has 0 aliphatic heterocycles. The Morgan fingerprint density at radius 1 is 1.20 bits per heavy atom. The molecule has 0 aliphatic carbocycles. The minimum absolute atomic E-state index is 0.241. The van der Waals surface area contributed by atoms with Crippen LogP contribution >= 0.6 is 0 Å². The van der Waals surface area contributed by atoms with Gasteiger partial charge in [0.05, 0.1) is 0 Å². The summed E-state index contributed by atoms with van der Waals surface area (Å²) in [7, 11) is 0. The first kappa shape index (κ1) is 9.48. The average Bonchev–Trinajstić information content (AvgIpc) is 1.84. The minimum atomic E-state index is 0.241. The Morgan fingerprint density at radius 2 is 1.80 bits per heavy atom. The highest BCUT2D eigenvalue weighted by atomic mass is 14.1. The van der Waals surface area contributed by atoms with Crippen molar-refractivity contribution in [1.82, 2.24) is 0 Å². The Kier molecular flexibility index (Phi) is 4.10. The first-order valence-electron chi connectivity index (χ1n) is 3.94. The molecule has 10 heavy (non-hydrogen) atoms. The largest absolute Gasteiger partial charge is 0.0908 e. The summed E-state index contributed by atoms with van der Waals surface area (Å²) < 4.78 is 0. The van der Waals surface area contributed by atoms with E-state index in [1.165, 1.54) is 0 Å². The first-order chi connectivity index (χ1) is 4.62. The van der Waals surface area contributed by atoms with Gasteiger partial charge in [-0.15, -0.1) is 0 Å². The molecule has 0 amide bonds. The molecule has 0 saturated carbocycles. The standard InChI is InChI=1S/C10H18/c1-5-7-9-10(3,4)8-6-2/h6-9H,5H2,1-4H3/b8-6-,9-7-. The fourth-order valence-electron chi connectivity index (χ4n) is 0.907. The molecular weight excluding hydrogens is 120 g/mol. The molecule has 0 nitrogen and oxygen atoms in total. The maximum absolute atomic E-state index is 2.24. The summed E-state index contributed by atoms with van der Waals surface area (Å²) in [4.78, 5) is 0. The van der Waals surface area contributed by atoms with Gasteiger partial charge in [-0.25, -0.2) is 0 Å². The molecule has 0 rings (SSSR count). The van der Waals surface area contributed by atoms with Crippen molar-refractivity contribution in [2.75, 3.05) is 0 Å². The van der Waals surface area contributed by atoms with Gasteiger partial charge >= 0.3 is 0 Å². The molecule has 0 aromatic rings. The predicted molar refractivity (Wildman–Crippen MR) is 48.0 cm³/mol. The fourth-order valence-corrected chi connectivity index (χ4v) is 0.907. The molecule has 0 bridgehead atoms. The van der Waals surface area contributed by atoms with Gasteiger partial charge in [0, 0.05) is 5.41 Å². The molecule has 0 fully saturated rings. The van der Waals surface area contributed by atoms with E-state index in [0.717, 1.165) is 6.42 Å². The van der Waals surface area contributed by atoms with Gasteiger partial charge in [0.25, 0.3) is 0 Å². The SMILES string of the molecule is C/C=C\C(C)(C)/C=C\CC. The fraction of sp³-hybridized carbons (Fsp3) is 0.600. The Morgan fingerprint density at radius 3 is 2.20 bits per heavy atom. The number of hydrogen-bond acceptors (Lipinski definition) is 0. The zero-order valence-corrected chi connectivity index (χ0v) is 7.52. The van der Waals surface area contributed by atoms with Crippen molar-refractivity contribution < 1.29 is 0 Å². The van der Waals surface area contributed by atoms with Crippen molar-refractivity contribution >= 4 is 0 Å². The van der Waals surface area contributed by atoms with Crippen molar-refractivity contribution in [3.63, 3.8) is 0 Å². The van der Waals surface area contributed by atoms with E-state index in [4.69, 9.17) is 0 Å². The molecule has 0 radical (unpaired) electrons. The van der Waals surface area contributed by atoms with Crippen molar-refractivity contribution in [2.45, 2.75) is 34.1 Å². The van der Waals surface area contributed by atoms with Crippen LogP contribution in [-0.2, 0) is 0 Å². The zero-order valence-electron chi connectivity index (χ0n) is 7.52. The third kappa shape index (κ3) is 4.37. The smallest absolute Gasteiger partial charge is 0.000429 e. The summed E-state index contributed by atoms with van der Waals surface area (Å²) in [5.41, 5.74) is 0.241. The van der Waals surface area contributed by atoms with Crippen LogP contribution in [0.2, 0.25) is 0 Å². The molecular formula is C10H18. The summed E-state index contributed by atoms with van der Waals surface area (Å²) in [5.74, 6) is 0. The van der Waals surface area contributed by atoms with Gasteiger partial charge in [-0.05, 0) is 13.3 Å². The molecule has 0 aliphatic rings. The van der Waals surface area contributed by atoms with Crippen LogP contribution in [0, 0.1) is 5.41 Å². The third-order valence-electron chi connectivity index (χ3n) is 1.38. The summed E-state index contributed by atoms with van der Waals surface area (Å²) >= 11 is 0. The van der Waals surface area contributed by atoms with Crippen LogP contribution in [0.3, 0.4) is 0 Å². The van der Waals surface area contributed by atoms with Crippen molar-refractivity contribution in [2.24, 2.45) is 5.41 Å². The van der Waals surface area contributed by atoms with Gasteiger partial charge in [0.2, 0.25) is 0 Å². The molecule has 0 saturated heterocycles. The number of hydrogen-bond donors (Lipinski definition) is 0. The maximum atomic E-state index is 2.24. The summed E-state index contributed by atoms with van der Waals surface area (Å²) in [6.07, 6.45) is 9.88. The Hall–Kier alpha value is -0.520. The quantitative estimate of drug-likeness (QED) is 0.523. The molecule has 0 spiro atoms. The van der Waals surface area contributed by atoms with Gasteiger partial charge in [-0.3, -0.25) is 0 Å². The van der Waals surface area contributed by atoms with Gasteiger partial charge in [0.1, 0.15) is 0 Å². The van der Waals surface area contributed by atoms with E-state index >= 15 is 0 Å². The summed E-state index contributed by atoms with van der Waals surface area (Å²) in [6.45, 7) is 8.63. The molecule has 58 valence electrons. The summed E-state index contributed by atoms with van der Waals surface area (Å²) in [5, 5.41) is 0. The highest BCUT2D eigenvalue weighted by Gasteiger charge is 2.06. The molecule has 0 aromatic carbocycles. The highest BCUT2D eigenvalue weighted by molar-refractivity contribution is 5.06. The monoisotopic (exact) mass is 138 g/mol. The van der Waals surface area contributed by atoms with Gasteiger partial charge in [-0.2, -0.15) is 0 Å². The van der Waals surface area contributed by atoms with Gasteiger partial charge in [0.15, 0.2) is 0 Å². The molecule has 0 atom stereocenters. The molecule has 0 heterocycles. The average molecular weight is 138 g/mol. The van der Waals surface area contributed by atoms with Crippen LogP contribution in [-0.4, -0.2) is 0 Å². The van der Waals surface area contributed by atoms with Crippen molar-refractivity contribution in [3.8, 4) is 0 Å². The van der Waals surface area contributed by atoms with Crippen LogP contribution in [0.25, 0.3) is 0 Å². The van der Waals surface area contributed by atoms with Crippen molar-refractivity contribution in [1.29, 1.82) is 0 Å². The van der Waals surface area contributed by atoms with Crippen LogP contribution in [0.4, 0.5) is 0 Å². The topological polar surface area (TPSA) is 0 Å². The van der Waals surface area contributed by atoms with Crippen LogP contribution in [0.5, 0.6) is 0 Å². The lowest BCUT2D eigenvalue weighted by atomic mass is 9.92. The van der Waals surface area contributed by atoms with E-state index < -0.39 is 0 Å². The van der Waals surface area contributed by atoms with Crippen LogP contribution < -0.4 is 0 Å². The molecule has 0 heteroatoms. The molecule has 0 unspecified atom stereocenters. The lowest BCUT2D eigenvalue weighted by Crippen LogP contribution is -2.01. The van der Waals surface area contributed by atoms with E-state index in [1.807, 2.05) is 0 Å². The van der Waals surface area contributed by atoms with Gasteiger partial charge in [-0.1, -0.05) is 45.1 Å². The number of rotatable bonds is 3. The van der Waals surface area contributed by atoms with E-state index in [1.54, 1.807) is 0 Å². The molecule has 0 N–H and O–H groups in total. The van der Waals surface area contributed by atoms with Gasteiger partial charge < -0.3 is 0 Å². The van der Waals surface area contributed by atoms with E-state index in [2.05, 4.69) is 52.0 Å². The van der Waals surface area contributed by atoms with Crippen LogP contribution in [0.1, 0.15) is 34.1 Å². The van der Waals surface area contributed by atoms with E-state index in [-0.39, 0.29) is 5.41 Å². The Balaban J connectivity index is 3.98. The second-order valence-electron chi connectivity index (χ2n) is 3.13. The lowest BCUT2D eigenvalue weighted by Gasteiger charge is -2.13. The second kappa shape index (κ2) is 4.32. The Labute approximate surface area is 64.6 Å². The van der Waals surface area contributed by atoms with E-state index in [0.29, 0.717) is 0 Å². The molecule has 0 aromatic heterocycles. The Bertz CT molecular complexity index is 127. The normalized spacial score (nSPS) is 13.6. The number of allylic oxidation sites excluding steroid dienone is 4. The maximum Gasteiger partial charge on any atom is 0.000429 e. The second-order valence-corrected chi connectivity index (χ2v) is 3.13. The highest BCUT2D eigenvalue weighted by Crippen LogP contribution is 2.18. The summed E-state index contributed by atoms with van der Waals surface area (Å²) in [6, 6.07) is 0. The third-order valence-corrected chi connectivity index (χ3v) is 1.38. The van der Waals surface area contributed by atoms with Crippen molar-refractivity contribution in [3.05, 3.63) is 24.3 Å². The first-order valence-corrected chi connectivity index (χ1v) is 3.94. The van der Waals surface area contributed by atoms with E-state index in [9.17, 15) is 0 Å². The minimum Gasteiger partial charge on any atom is -0.0908 e. The van der Waals surface area contributed by atoms with Crippen LogP contribution in [0.15, 0.2) is 24.3 Å². The lowest BCUT2D eigenvalue weighted by molar-refractivity contribution is 0.622. The zero-order chi connectivity index (χ0) is 8.04. The predicted octanol–water partition coefficient (Wildman–Crippen LogP) is 3.55.